The first kappa shape index (κ1) is 13.1. The average Bonchev–Trinajstić information content (AvgIpc) is 2.81. The minimum Gasteiger partial charge on any atom is -0.314 e. The maximum absolute atomic E-state index is 3.83. The minimum atomic E-state index is 0.620. The quantitative estimate of drug-likeness (QED) is 0.867. The van der Waals surface area contributed by atoms with Crippen molar-refractivity contribution in [2.45, 2.75) is 63.6 Å². The van der Waals surface area contributed by atoms with E-state index in [2.05, 4.69) is 41.8 Å². The molecule has 0 saturated carbocycles. The van der Waals surface area contributed by atoms with Gasteiger partial charge in [-0.1, -0.05) is 30.7 Å². The van der Waals surface area contributed by atoms with Crippen molar-refractivity contribution in [1.82, 2.24) is 10.6 Å². The van der Waals surface area contributed by atoms with Crippen LogP contribution in [0.2, 0.25) is 0 Å². The van der Waals surface area contributed by atoms with Crippen molar-refractivity contribution in [3.8, 4) is 0 Å². The van der Waals surface area contributed by atoms with E-state index in [-0.39, 0.29) is 0 Å². The Morgan fingerprint density at radius 3 is 2.58 bits per heavy atom. The fourth-order valence-corrected chi connectivity index (χ4v) is 3.70. The van der Waals surface area contributed by atoms with Gasteiger partial charge in [0.25, 0.3) is 0 Å². The highest BCUT2D eigenvalue weighted by Gasteiger charge is 2.23. The van der Waals surface area contributed by atoms with Crippen molar-refractivity contribution in [1.29, 1.82) is 0 Å². The van der Waals surface area contributed by atoms with Crippen LogP contribution in [0.4, 0.5) is 0 Å². The fraction of sp³-hybridized carbons (Fsp3) is 0.647. The fourth-order valence-electron chi connectivity index (χ4n) is 3.70. The predicted molar refractivity (Wildman–Crippen MR) is 80.5 cm³/mol. The maximum atomic E-state index is 3.83. The Labute approximate surface area is 117 Å². The third kappa shape index (κ3) is 3.37. The SMILES string of the molecule is CC(CC1CCCCN1)NC1Cc2ccccc2C1. The maximum Gasteiger partial charge on any atom is 0.0151 e. The van der Waals surface area contributed by atoms with Gasteiger partial charge in [-0.2, -0.15) is 0 Å². The lowest BCUT2D eigenvalue weighted by Crippen LogP contribution is -2.43. The molecule has 1 aliphatic carbocycles. The summed E-state index contributed by atoms with van der Waals surface area (Å²) in [5, 5.41) is 7.49. The number of rotatable bonds is 4. The molecule has 0 aromatic heterocycles. The van der Waals surface area contributed by atoms with Gasteiger partial charge in [-0.05, 0) is 56.7 Å². The Hall–Kier alpha value is -0.860. The van der Waals surface area contributed by atoms with Crippen LogP contribution in [0, 0.1) is 0 Å². The molecule has 2 unspecified atom stereocenters. The number of benzene rings is 1. The van der Waals surface area contributed by atoms with Crippen LogP contribution < -0.4 is 10.6 Å². The Bertz CT molecular complexity index is 384. The first-order valence-corrected chi connectivity index (χ1v) is 7.87. The zero-order valence-corrected chi connectivity index (χ0v) is 12.0. The lowest BCUT2D eigenvalue weighted by Gasteiger charge is -2.28. The number of hydrogen-bond donors (Lipinski definition) is 2. The largest absolute Gasteiger partial charge is 0.314 e. The molecule has 1 saturated heterocycles. The molecule has 0 bridgehead atoms. The predicted octanol–water partition coefficient (Wildman–Crippen LogP) is 2.66. The molecule has 0 amide bonds. The molecule has 0 radical (unpaired) electrons. The summed E-state index contributed by atoms with van der Waals surface area (Å²) in [5.74, 6) is 0. The van der Waals surface area contributed by atoms with Gasteiger partial charge in [0.1, 0.15) is 0 Å². The molecular weight excluding hydrogens is 232 g/mol. The topological polar surface area (TPSA) is 24.1 Å². The first-order chi connectivity index (χ1) is 9.31. The molecule has 1 aromatic rings. The molecule has 104 valence electrons. The highest BCUT2D eigenvalue weighted by Crippen LogP contribution is 2.22. The minimum absolute atomic E-state index is 0.620. The van der Waals surface area contributed by atoms with Gasteiger partial charge >= 0.3 is 0 Å². The van der Waals surface area contributed by atoms with Gasteiger partial charge in [-0.25, -0.2) is 0 Å². The molecule has 1 fully saturated rings. The Morgan fingerprint density at radius 1 is 1.21 bits per heavy atom. The van der Waals surface area contributed by atoms with Gasteiger partial charge in [0.05, 0.1) is 0 Å². The summed E-state index contributed by atoms with van der Waals surface area (Å²) >= 11 is 0. The smallest absolute Gasteiger partial charge is 0.0151 e. The van der Waals surface area contributed by atoms with Gasteiger partial charge in [0.2, 0.25) is 0 Å². The van der Waals surface area contributed by atoms with Crippen molar-refractivity contribution >= 4 is 0 Å². The summed E-state index contributed by atoms with van der Waals surface area (Å²) < 4.78 is 0. The lowest BCUT2D eigenvalue weighted by molar-refractivity contribution is 0.330. The van der Waals surface area contributed by atoms with Gasteiger partial charge < -0.3 is 10.6 Å². The van der Waals surface area contributed by atoms with E-state index in [1.807, 2.05) is 0 Å². The van der Waals surface area contributed by atoms with Crippen LogP contribution in [-0.2, 0) is 12.8 Å². The molecule has 3 rings (SSSR count). The molecule has 1 aliphatic heterocycles. The lowest BCUT2D eigenvalue weighted by atomic mass is 9.98. The number of piperidine rings is 1. The van der Waals surface area contributed by atoms with Crippen LogP contribution >= 0.6 is 0 Å². The molecule has 2 nitrogen and oxygen atoms in total. The van der Waals surface area contributed by atoms with Gasteiger partial charge in [0.15, 0.2) is 0 Å². The monoisotopic (exact) mass is 258 g/mol. The van der Waals surface area contributed by atoms with E-state index in [1.54, 1.807) is 11.1 Å². The summed E-state index contributed by atoms with van der Waals surface area (Å²) in [7, 11) is 0. The van der Waals surface area contributed by atoms with E-state index >= 15 is 0 Å². The number of hydrogen-bond acceptors (Lipinski definition) is 2. The molecule has 1 aromatic carbocycles. The highest BCUT2D eigenvalue weighted by molar-refractivity contribution is 5.33. The second kappa shape index (κ2) is 6.06. The normalized spacial score (nSPS) is 25.2. The van der Waals surface area contributed by atoms with E-state index in [0.29, 0.717) is 12.1 Å². The molecule has 2 aliphatic rings. The van der Waals surface area contributed by atoms with Gasteiger partial charge in [-0.15, -0.1) is 0 Å². The average molecular weight is 258 g/mol. The second-order valence-electron chi connectivity index (χ2n) is 6.32. The Morgan fingerprint density at radius 2 is 1.95 bits per heavy atom. The Balaban J connectivity index is 1.47. The van der Waals surface area contributed by atoms with E-state index in [9.17, 15) is 0 Å². The third-order valence-corrected chi connectivity index (χ3v) is 4.62. The second-order valence-corrected chi connectivity index (χ2v) is 6.32. The van der Waals surface area contributed by atoms with E-state index < -0.39 is 0 Å². The molecular formula is C17H26N2. The molecule has 2 atom stereocenters. The molecule has 2 N–H and O–H groups in total. The van der Waals surface area contributed by atoms with Crippen LogP contribution in [0.15, 0.2) is 24.3 Å². The number of nitrogens with one attached hydrogen (secondary N) is 2. The van der Waals surface area contributed by atoms with Crippen molar-refractivity contribution in [2.75, 3.05) is 6.54 Å². The third-order valence-electron chi connectivity index (χ3n) is 4.62. The van der Waals surface area contributed by atoms with E-state index in [1.165, 1.54) is 45.1 Å². The van der Waals surface area contributed by atoms with Crippen molar-refractivity contribution in [2.24, 2.45) is 0 Å². The zero-order valence-electron chi connectivity index (χ0n) is 12.0. The van der Waals surface area contributed by atoms with E-state index in [0.717, 1.165) is 6.04 Å². The van der Waals surface area contributed by atoms with Crippen LogP contribution in [0.5, 0.6) is 0 Å². The van der Waals surface area contributed by atoms with Crippen LogP contribution in [0.3, 0.4) is 0 Å². The van der Waals surface area contributed by atoms with Crippen molar-refractivity contribution < 1.29 is 0 Å². The van der Waals surface area contributed by atoms with Gasteiger partial charge in [-0.3, -0.25) is 0 Å². The summed E-state index contributed by atoms with van der Waals surface area (Å²) in [6.07, 6.45) is 7.80. The summed E-state index contributed by atoms with van der Waals surface area (Å²) in [6.45, 7) is 3.56. The van der Waals surface area contributed by atoms with Crippen molar-refractivity contribution in [3.05, 3.63) is 35.4 Å². The van der Waals surface area contributed by atoms with Crippen LogP contribution in [0.1, 0.15) is 43.7 Å². The van der Waals surface area contributed by atoms with Crippen LogP contribution in [-0.4, -0.2) is 24.7 Å². The summed E-state index contributed by atoms with van der Waals surface area (Å²) in [5.41, 5.74) is 3.09. The summed E-state index contributed by atoms with van der Waals surface area (Å²) in [6, 6.07) is 10.9. The van der Waals surface area contributed by atoms with Gasteiger partial charge in [0, 0.05) is 18.1 Å². The zero-order chi connectivity index (χ0) is 13.1. The molecule has 19 heavy (non-hydrogen) atoms. The van der Waals surface area contributed by atoms with E-state index in [4.69, 9.17) is 0 Å². The first-order valence-electron chi connectivity index (χ1n) is 7.87. The number of fused-ring (bicyclic) bond motifs is 1. The molecule has 1 heterocycles. The molecule has 2 heteroatoms. The highest BCUT2D eigenvalue weighted by atomic mass is 15.0. The Kier molecular flexibility index (Phi) is 4.19. The van der Waals surface area contributed by atoms with Crippen molar-refractivity contribution in [3.63, 3.8) is 0 Å². The molecule has 0 spiro atoms. The standard InChI is InChI=1S/C17H26N2/c1-13(10-16-8-4-5-9-18-16)19-17-11-14-6-2-3-7-15(14)12-17/h2-3,6-7,13,16-19H,4-5,8-12H2,1H3. The summed E-state index contributed by atoms with van der Waals surface area (Å²) in [4.78, 5) is 0. The van der Waals surface area contributed by atoms with Crippen LogP contribution in [0.25, 0.3) is 0 Å².